The number of pyridine rings is 1. The minimum absolute atomic E-state index is 0.120. The average Bonchev–Trinajstić information content (AvgIpc) is 3.33. The minimum Gasteiger partial charge on any atom is -0.473 e. The van der Waals surface area contributed by atoms with Crippen LogP contribution < -0.4 is 9.64 Å². The van der Waals surface area contributed by atoms with Gasteiger partial charge in [-0.15, -0.1) is 5.10 Å². The summed E-state index contributed by atoms with van der Waals surface area (Å²) in [6.45, 7) is 4.84. The highest BCUT2D eigenvalue weighted by molar-refractivity contribution is 9.10. The van der Waals surface area contributed by atoms with Gasteiger partial charge in [-0.05, 0) is 55.5 Å². The molecular formula is C19H24BrN7O3. The number of rotatable bonds is 6. The maximum absolute atomic E-state index is 11.5. The summed E-state index contributed by atoms with van der Waals surface area (Å²) in [6.07, 6.45) is 6.05. The fraction of sp³-hybridized carbons (Fsp3) is 0.526. The lowest BCUT2D eigenvalue weighted by Crippen LogP contribution is -2.29. The number of ether oxygens (including phenoxy) is 1. The highest BCUT2D eigenvalue weighted by Crippen LogP contribution is 2.35. The van der Waals surface area contributed by atoms with Crippen molar-refractivity contribution in [3.05, 3.63) is 23.1 Å². The van der Waals surface area contributed by atoms with Crippen molar-refractivity contribution in [2.45, 2.75) is 58.2 Å². The number of carbonyl (C=O) groups is 1. The molecule has 0 spiro atoms. The second kappa shape index (κ2) is 8.58. The van der Waals surface area contributed by atoms with Gasteiger partial charge in [0, 0.05) is 25.4 Å². The molecule has 0 unspecified atom stereocenters. The second-order valence-electron chi connectivity index (χ2n) is 7.26. The summed E-state index contributed by atoms with van der Waals surface area (Å²) in [5, 5.41) is 22.9. The maximum Gasteiger partial charge on any atom is 0.412 e. The third-order valence-corrected chi connectivity index (χ3v) is 6.10. The molecule has 3 aromatic rings. The van der Waals surface area contributed by atoms with E-state index in [1.807, 2.05) is 11.6 Å². The number of fused-ring (bicyclic) bond motifs is 1. The Morgan fingerprint density at radius 3 is 2.73 bits per heavy atom. The van der Waals surface area contributed by atoms with Gasteiger partial charge in [0.25, 0.3) is 0 Å². The number of halogens is 1. The van der Waals surface area contributed by atoms with Crippen molar-refractivity contribution in [2.24, 2.45) is 0 Å². The van der Waals surface area contributed by atoms with Crippen molar-refractivity contribution in [2.75, 3.05) is 11.4 Å². The zero-order valence-electron chi connectivity index (χ0n) is 16.9. The van der Waals surface area contributed by atoms with E-state index in [1.54, 1.807) is 30.1 Å². The first-order chi connectivity index (χ1) is 14.5. The van der Waals surface area contributed by atoms with Gasteiger partial charge >= 0.3 is 6.09 Å². The highest BCUT2D eigenvalue weighted by Gasteiger charge is 2.27. The molecule has 0 atom stereocenters. The molecule has 0 aliphatic heterocycles. The third kappa shape index (κ3) is 3.85. The number of hydrogen-bond donors (Lipinski definition) is 1. The van der Waals surface area contributed by atoms with Crippen molar-refractivity contribution < 1.29 is 14.6 Å². The highest BCUT2D eigenvalue weighted by atomic mass is 79.9. The fourth-order valence-electron chi connectivity index (χ4n) is 3.94. The zero-order chi connectivity index (χ0) is 21.3. The molecule has 0 bridgehead atoms. The monoisotopic (exact) mass is 477 g/mol. The van der Waals surface area contributed by atoms with Crippen LogP contribution in [-0.2, 0) is 6.54 Å². The standard InChI is InChI=1S/C19H24BrN7O3/c1-3-25(19(28)29)16-9-15-14(10-21-16)18(20)23-27(15)12-5-7-13(8-6-12)30-17-11-22-24-26(17)4-2/h9-13H,3-8H2,1-2H3,(H,28,29)/t12-,13+. The number of anilines is 1. The maximum atomic E-state index is 11.5. The molecule has 30 heavy (non-hydrogen) atoms. The summed E-state index contributed by atoms with van der Waals surface area (Å²) in [7, 11) is 0. The summed E-state index contributed by atoms with van der Waals surface area (Å²) in [4.78, 5) is 17.0. The van der Waals surface area contributed by atoms with Gasteiger partial charge in [0.05, 0.1) is 16.9 Å². The topological polar surface area (TPSA) is 111 Å². The van der Waals surface area contributed by atoms with Crippen LogP contribution in [0.15, 0.2) is 23.1 Å². The lowest BCUT2D eigenvalue weighted by Gasteiger charge is -2.29. The van der Waals surface area contributed by atoms with Gasteiger partial charge in [-0.3, -0.25) is 9.58 Å². The summed E-state index contributed by atoms with van der Waals surface area (Å²) >= 11 is 3.52. The predicted octanol–water partition coefficient (Wildman–Crippen LogP) is 3.87. The van der Waals surface area contributed by atoms with Crippen LogP contribution in [-0.4, -0.2) is 53.6 Å². The molecule has 1 N–H and O–H groups in total. The molecule has 1 amide bonds. The first-order valence-corrected chi connectivity index (χ1v) is 10.9. The fourth-order valence-corrected chi connectivity index (χ4v) is 4.42. The molecule has 11 heteroatoms. The van der Waals surface area contributed by atoms with E-state index in [-0.39, 0.29) is 12.1 Å². The van der Waals surface area contributed by atoms with Crippen molar-refractivity contribution in [3.63, 3.8) is 0 Å². The number of aryl methyl sites for hydroxylation is 1. The molecule has 10 nitrogen and oxygen atoms in total. The van der Waals surface area contributed by atoms with E-state index < -0.39 is 6.09 Å². The van der Waals surface area contributed by atoms with Gasteiger partial charge < -0.3 is 9.84 Å². The molecule has 1 saturated carbocycles. The van der Waals surface area contributed by atoms with Crippen LogP contribution in [0.5, 0.6) is 5.88 Å². The molecular weight excluding hydrogens is 454 g/mol. The van der Waals surface area contributed by atoms with E-state index in [4.69, 9.17) is 4.74 Å². The normalized spacial score (nSPS) is 19.2. The number of aromatic nitrogens is 6. The van der Waals surface area contributed by atoms with Crippen LogP contribution >= 0.6 is 15.9 Å². The van der Waals surface area contributed by atoms with Gasteiger partial charge in [0.1, 0.15) is 22.7 Å². The molecule has 4 rings (SSSR count). The van der Waals surface area contributed by atoms with E-state index in [0.717, 1.165) is 43.1 Å². The summed E-state index contributed by atoms with van der Waals surface area (Å²) in [5.41, 5.74) is 0.879. The SMILES string of the molecule is CCN(C(=O)O)c1cc2c(cn1)c(Br)nn2[C@H]1CC[C@@H](Oc2cnnn2CC)CC1. The van der Waals surface area contributed by atoms with Crippen LogP contribution in [0.4, 0.5) is 10.6 Å². The van der Waals surface area contributed by atoms with Gasteiger partial charge in [0.2, 0.25) is 5.88 Å². The van der Waals surface area contributed by atoms with E-state index in [2.05, 4.69) is 36.3 Å². The smallest absolute Gasteiger partial charge is 0.412 e. The Bertz CT molecular complexity index is 1040. The summed E-state index contributed by atoms with van der Waals surface area (Å²) in [5.74, 6) is 1.11. The van der Waals surface area contributed by atoms with E-state index in [1.165, 1.54) is 4.90 Å². The molecule has 1 fully saturated rings. The van der Waals surface area contributed by atoms with Crippen LogP contribution in [0, 0.1) is 0 Å². The molecule has 1 aliphatic rings. The van der Waals surface area contributed by atoms with Crippen molar-refractivity contribution in [3.8, 4) is 5.88 Å². The summed E-state index contributed by atoms with van der Waals surface area (Å²) in [6, 6.07) is 2.02. The largest absolute Gasteiger partial charge is 0.473 e. The molecule has 0 saturated heterocycles. The molecule has 3 heterocycles. The van der Waals surface area contributed by atoms with E-state index in [0.29, 0.717) is 22.8 Å². The van der Waals surface area contributed by atoms with Crippen LogP contribution in [0.1, 0.15) is 45.6 Å². The van der Waals surface area contributed by atoms with Gasteiger partial charge in [0.15, 0.2) is 0 Å². The average molecular weight is 478 g/mol. The molecule has 0 radical (unpaired) electrons. The Hall–Kier alpha value is -2.69. The molecule has 3 aromatic heterocycles. The van der Waals surface area contributed by atoms with Crippen molar-refractivity contribution >= 4 is 38.7 Å². The van der Waals surface area contributed by atoms with Crippen LogP contribution in [0.25, 0.3) is 10.9 Å². The van der Waals surface area contributed by atoms with Gasteiger partial charge in [-0.25, -0.2) is 14.5 Å². The predicted molar refractivity (Wildman–Crippen MR) is 114 cm³/mol. The number of amides is 1. The van der Waals surface area contributed by atoms with E-state index in [9.17, 15) is 9.90 Å². The Morgan fingerprint density at radius 2 is 2.07 bits per heavy atom. The molecule has 160 valence electrons. The quantitative estimate of drug-likeness (QED) is 0.573. The first kappa shape index (κ1) is 20.6. The second-order valence-corrected chi connectivity index (χ2v) is 8.01. The molecule has 1 aliphatic carbocycles. The molecule has 0 aromatic carbocycles. The Labute approximate surface area is 181 Å². The van der Waals surface area contributed by atoms with Crippen molar-refractivity contribution in [1.29, 1.82) is 0 Å². The number of hydrogen-bond acceptors (Lipinski definition) is 6. The number of nitrogens with zero attached hydrogens (tertiary/aromatic N) is 7. The minimum atomic E-state index is -1.02. The third-order valence-electron chi connectivity index (χ3n) is 5.51. The van der Waals surface area contributed by atoms with Crippen LogP contribution in [0.3, 0.4) is 0 Å². The lowest BCUT2D eigenvalue weighted by molar-refractivity contribution is 0.119. The van der Waals surface area contributed by atoms with Gasteiger partial charge in [-0.1, -0.05) is 5.21 Å². The first-order valence-electron chi connectivity index (χ1n) is 10.1. The zero-order valence-corrected chi connectivity index (χ0v) is 18.5. The Morgan fingerprint density at radius 1 is 1.30 bits per heavy atom. The van der Waals surface area contributed by atoms with Crippen molar-refractivity contribution in [1.82, 2.24) is 29.8 Å². The van der Waals surface area contributed by atoms with Gasteiger partial charge in [-0.2, -0.15) is 5.10 Å². The van der Waals surface area contributed by atoms with E-state index >= 15 is 0 Å². The lowest BCUT2D eigenvalue weighted by atomic mass is 9.93. The Kier molecular flexibility index (Phi) is 5.89. The number of carboxylic acid groups (broad SMARTS) is 1. The summed E-state index contributed by atoms with van der Waals surface area (Å²) < 4.78 is 10.6. The Balaban J connectivity index is 1.53. The van der Waals surface area contributed by atoms with Crippen LogP contribution in [0.2, 0.25) is 0 Å².